The van der Waals surface area contributed by atoms with Gasteiger partial charge in [-0.1, -0.05) is 30.7 Å². The van der Waals surface area contributed by atoms with Crippen molar-refractivity contribution in [3.63, 3.8) is 0 Å². The first-order valence-electron chi connectivity index (χ1n) is 6.64. The molecule has 0 bridgehead atoms. The van der Waals surface area contributed by atoms with E-state index in [1.807, 2.05) is 18.2 Å². The van der Waals surface area contributed by atoms with Crippen molar-refractivity contribution in [3.05, 3.63) is 44.9 Å². The molecule has 1 unspecified atom stereocenters. The number of aromatic nitrogens is 1. The summed E-state index contributed by atoms with van der Waals surface area (Å²) in [7, 11) is 1.68. The first-order valence-corrected chi connectivity index (χ1v) is 7.81. The Kier molecular flexibility index (Phi) is 3.74. The fourth-order valence-corrected chi connectivity index (χ4v) is 3.42. The third kappa shape index (κ3) is 2.23. The minimum Gasteiger partial charge on any atom is -0.481 e. The number of ether oxygens (including phenoxy) is 1. The fourth-order valence-electron chi connectivity index (χ4n) is 2.83. The van der Waals surface area contributed by atoms with Crippen molar-refractivity contribution in [2.45, 2.75) is 25.7 Å². The average molecular weight is 353 g/mol. The van der Waals surface area contributed by atoms with E-state index in [9.17, 15) is 0 Å². The number of rotatable bonds is 2. The Hall–Kier alpha value is -1.06. The van der Waals surface area contributed by atoms with E-state index in [0.29, 0.717) is 10.9 Å². The summed E-state index contributed by atoms with van der Waals surface area (Å²) < 4.78 is 6.37. The molecule has 1 atom stereocenters. The Morgan fingerprint density at radius 2 is 2.20 bits per heavy atom. The molecular formula is C16H15BrClNO. The molecule has 1 aliphatic rings. The lowest BCUT2D eigenvalue weighted by atomic mass is 10.0. The number of halogens is 2. The fraction of sp³-hybridized carbons (Fsp3) is 0.312. The van der Waals surface area contributed by atoms with E-state index in [0.717, 1.165) is 34.5 Å². The van der Waals surface area contributed by atoms with Crippen LogP contribution in [0, 0.1) is 0 Å². The maximum atomic E-state index is 6.38. The summed E-state index contributed by atoms with van der Waals surface area (Å²) in [6.45, 7) is 2.22. The number of methoxy groups -OCH3 is 1. The lowest BCUT2D eigenvalue weighted by Crippen LogP contribution is -1.99. The number of fused-ring (bicyclic) bond motifs is 1. The van der Waals surface area contributed by atoms with E-state index in [1.54, 1.807) is 7.11 Å². The summed E-state index contributed by atoms with van der Waals surface area (Å²) in [5.41, 5.74) is 4.39. The lowest BCUT2D eigenvalue weighted by Gasteiger charge is -2.13. The maximum absolute atomic E-state index is 6.38. The zero-order chi connectivity index (χ0) is 14.3. The Labute approximate surface area is 132 Å². The first kappa shape index (κ1) is 13.9. The third-order valence-corrected chi connectivity index (χ3v) is 5.17. The van der Waals surface area contributed by atoms with Crippen LogP contribution in [0.5, 0.6) is 5.88 Å². The number of pyridine rings is 1. The van der Waals surface area contributed by atoms with Gasteiger partial charge in [-0.05, 0) is 52.4 Å². The van der Waals surface area contributed by atoms with Gasteiger partial charge in [-0.25, -0.2) is 4.98 Å². The van der Waals surface area contributed by atoms with Gasteiger partial charge in [-0.15, -0.1) is 0 Å². The van der Waals surface area contributed by atoms with Gasteiger partial charge in [0, 0.05) is 15.6 Å². The molecule has 1 heterocycles. The van der Waals surface area contributed by atoms with Crippen LogP contribution >= 0.6 is 27.5 Å². The zero-order valence-corrected chi connectivity index (χ0v) is 13.8. The molecule has 2 aromatic rings. The van der Waals surface area contributed by atoms with Crippen molar-refractivity contribution in [2.75, 3.05) is 7.11 Å². The molecule has 0 fully saturated rings. The molecule has 0 saturated heterocycles. The summed E-state index contributed by atoms with van der Waals surface area (Å²) in [4.78, 5) is 4.66. The third-order valence-electron chi connectivity index (χ3n) is 3.87. The molecule has 0 radical (unpaired) electrons. The standard InChI is InChI=1S/C16H15BrClNO/c1-9-6-7-10-8-13(19-16(20-2)14(9)10)11-4-3-5-12(17)15(11)18/h3-5,8-9H,6-7H2,1-2H3. The van der Waals surface area contributed by atoms with E-state index < -0.39 is 0 Å². The second-order valence-electron chi connectivity index (χ2n) is 5.13. The highest BCUT2D eigenvalue weighted by Crippen LogP contribution is 2.41. The van der Waals surface area contributed by atoms with Gasteiger partial charge in [0.2, 0.25) is 5.88 Å². The quantitative estimate of drug-likeness (QED) is 0.739. The van der Waals surface area contributed by atoms with Gasteiger partial charge in [0.1, 0.15) is 0 Å². The summed E-state index contributed by atoms with van der Waals surface area (Å²) in [5, 5.41) is 0.688. The van der Waals surface area contributed by atoms with E-state index in [1.165, 1.54) is 11.1 Å². The Balaban J connectivity index is 2.19. The van der Waals surface area contributed by atoms with Crippen LogP contribution in [-0.4, -0.2) is 12.1 Å². The van der Waals surface area contributed by atoms with E-state index in [4.69, 9.17) is 16.3 Å². The monoisotopic (exact) mass is 351 g/mol. The Morgan fingerprint density at radius 3 is 2.95 bits per heavy atom. The minimum atomic E-state index is 0.513. The van der Waals surface area contributed by atoms with Crippen LogP contribution < -0.4 is 4.74 Å². The van der Waals surface area contributed by atoms with Gasteiger partial charge in [0.05, 0.1) is 17.8 Å². The zero-order valence-electron chi connectivity index (χ0n) is 11.4. The van der Waals surface area contributed by atoms with Crippen LogP contribution in [-0.2, 0) is 6.42 Å². The topological polar surface area (TPSA) is 22.1 Å². The van der Waals surface area contributed by atoms with Crippen molar-refractivity contribution in [3.8, 4) is 17.1 Å². The Bertz CT molecular complexity index is 672. The van der Waals surface area contributed by atoms with Crippen LogP contribution in [0.15, 0.2) is 28.7 Å². The Morgan fingerprint density at radius 1 is 1.40 bits per heavy atom. The van der Waals surface area contributed by atoms with Crippen molar-refractivity contribution in [2.24, 2.45) is 0 Å². The molecule has 20 heavy (non-hydrogen) atoms. The van der Waals surface area contributed by atoms with Crippen LogP contribution in [0.25, 0.3) is 11.3 Å². The molecule has 0 N–H and O–H groups in total. The molecule has 0 spiro atoms. The molecule has 104 valence electrons. The lowest BCUT2D eigenvalue weighted by molar-refractivity contribution is 0.391. The molecule has 0 saturated carbocycles. The summed E-state index contributed by atoms with van der Waals surface area (Å²) in [6, 6.07) is 8.03. The van der Waals surface area contributed by atoms with Crippen molar-refractivity contribution in [1.29, 1.82) is 0 Å². The second-order valence-corrected chi connectivity index (χ2v) is 6.36. The predicted octanol–water partition coefficient (Wildman–Crippen LogP) is 5.22. The summed E-state index contributed by atoms with van der Waals surface area (Å²) in [6.07, 6.45) is 2.23. The predicted molar refractivity (Wildman–Crippen MR) is 85.7 cm³/mol. The van der Waals surface area contributed by atoms with E-state index in [2.05, 4.69) is 33.9 Å². The largest absolute Gasteiger partial charge is 0.481 e. The highest BCUT2D eigenvalue weighted by Gasteiger charge is 2.25. The average Bonchev–Trinajstić information content (AvgIpc) is 2.82. The van der Waals surface area contributed by atoms with Crippen LogP contribution in [0.2, 0.25) is 5.02 Å². The van der Waals surface area contributed by atoms with Crippen LogP contribution in [0.1, 0.15) is 30.4 Å². The highest BCUT2D eigenvalue weighted by atomic mass is 79.9. The normalized spacial score (nSPS) is 17.1. The summed E-state index contributed by atoms with van der Waals surface area (Å²) in [5.74, 6) is 1.25. The number of hydrogen-bond acceptors (Lipinski definition) is 2. The van der Waals surface area contributed by atoms with Gasteiger partial charge < -0.3 is 4.74 Å². The number of nitrogens with zero attached hydrogens (tertiary/aromatic N) is 1. The van der Waals surface area contributed by atoms with Crippen molar-refractivity contribution < 1.29 is 4.74 Å². The van der Waals surface area contributed by atoms with Gasteiger partial charge in [0.25, 0.3) is 0 Å². The minimum absolute atomic E-state index is 0.513. The molecule has 3 rings (SSSR count). The number of benzene rings is 1. The van der Waals surface area contributed by atoms with Crippen LogP contribution in [0.3, 0.4) is 0 Å². The number of aryl methyl sites for hydroxylation is 1. The molecule has 0 amide bonds. The molecule has 1 aromatic carbocycles. The van der Waals surface area contributed by atoms with Crippen molar-refractivity contribution >= 4 is 27.5 Å². The molecule has 2 nitrogen and oxygen atoms in total. The SMILES string of the molecule is COc1nc(-c2cccc(Br)c2Cl)cc2c1C(C)CC2. The molecule has 1 aliphatic carbocycles. The van der Waals surface area contributed by atoms with Gasteiger partial charge in [0.15, 0.2) is 0 Å². The maximum Gasteiger partial charge on any atom is 0.217 e. The van der Waals surface area contributed by atoms with Crippen LogP contribution in [0.4, 0.5) is 0 Å². The molecule has 0 aliphatic heterocycles. The van der Waals surface area contributed by atoms with Crippen molar-refractivity contribution in [1.82, 2.24) is 4.98 Å². The second kappa shape index (κ2) is 5.38. The smallest absolute Gasteiger partial charge is 0.217 e. The molecule has 4 heteroatoms. The van der Waals surface area contributed by atoms with Gasteiger partial charge in [-0.3, -0.25) is 0 Å². The molecule has 1 aromatic heterocycles. The number of hydrogen-bond donors (Lipinski definition) is 0. The highest BCUT2D eigenvalue weighted by molar-refractivity contribution is 9.10. The van der Waals surface area contributed by atoms with E-state index >= 15 is 0 Å². The van der Waals surface area contributed by atoms with E-state index in [-0.39, 0.29) is 0 Å². The summed E-state index contributed by atoms with van der Waals surface area (Å²) >= 11 is 9.84. The first-order chi connectivity index (χ1) is 9.61. The van der Waals surface area contributed by atoms with Gasteiger partial charge in [-0.2, -0.15) is 0 Å². The molecular weight excluding hydrogens is 338 g/mol. The van der Waals surface area contributed by atoms with Gasteiger partial charge >= 0.3 is 0 Å².